The largest absolute Gasteiger partial charge is 0.397 e. The standard InChI is InChI=1S/C15H24N2/c1-3-6-13-7-4-5-10-17(13)15-11-12(2)8-9-14(15)16/h8-9,11,13H,3-7,10,16H2,1-2H3. The second-order valence-corrected chi connectivity index (χ2v) is 5.19. The summed E-state index contributed by atoms with van der Waals surface area (Å²) in [5.74, 6) is 0. The summed E-state index contributed by atoms with van der Waals surface area (Å²) in [6, 6.07) is 7.07. The lowest BCUT2D eigenvalue weighted by molar-refractivity contribution is 0.435. The topological polar surface area (TPSA) is 29.3 Å². The van der Waals surface area contributed by atoms with Crippen molar-refractivity contribution in [1.29, 1.82) is 0 Å². The Labute approximate surface area is 105 Å². The van der Waals surface area contributed by atoms with E-state index in [0.717, 1.165) is 5.69 Å². The highest BCUT2D eigenvalue weighted by atomic mass is 15.2. The average molecular weight is 232 g/mol. The van der Waals surface area contributed by atoms with Gasteiger partial charge in [0.1, 0.15) is 0 Å². The summed E-state index contributed by atoms with van der Waals surface area (Å²) in [6.07, 6.45) is 6.53. The quantitative estimate of drug-likeness (QED) is 0.804. The second-order valence-electron chi connectivity index (χ2n) is 5.19. The van der Waals surface area contributed by atoms with Crippen LogP contribution in [0, 0.1) is 6.92 Å². The van der Waals surface area contributed by atoms with Crippen LogP contribution in [0.3, 0.4) is 0 Å². The van der Waals surface area contributed by atoms with Gasteiger partial charge >= 0.3 is 0 Å². The lowest BCUT2D eigenvalue weighted by Crippen LogP contribution is -2.39. The molecule has 1 fully saturated rings. The van der Waals surface area contributed by atoms with Gasteiger partial charge in [0.25, 0.3) is 0 Å². The van der Waals surface area contributed by atoms with Gasteiger partial charge in [0.2, 0.25) is 0 Å². The highest BCUT2D eigenvalue weighted by Crippen LogP contribution is 2.32. The van der Waals surface area contributed by atoms with Crippen molar-refractivity contribution >= 4 is 11.4 Å². The lowest BCUT2D eigenvalue weighted by atomic mass is 9.97. The van der Waals surface area contributed by atoms with E-state index < -0.39 is 0 Å². The van der Waals surface area contributed by atoms with Gasteiger partial charge in [-0.3, -0.25) is 0 Å². The molecule has 1 aromatic carbocycles. The summed E-state index contributed by atoms with van der Waals surface area (Å²) in [4.78, 5) is 2.54. The lowest BCUT2D eigenvalue weighted by Gasteiger charge is -2.38. The molecule has 17 heavy (non-hydrogen) atoms. The Morgan fingerprint density at radius 3 is 2.94 bits per heavy atom. The summed E-state index contributed by atoms with van der Waals surface area (Å²) in [5.41, 5.74) is 9.62. The van der Waals surface area contributed by atoms with Gasteiger partial charge in [-0.05, 0) is 50.3 Å². The number of nitrogens with zero attached hydrogens (tertiary/aromatic N) is 1. The van der Waals surface area contributed by atoms with E-state index in [1.807, 2.05) is 6.07 Å². The molecule has 0 bridgehead atoms. The van der Waals surface area contributed by atoms with Gasteiger partial charge in [0.05, 0.1) is 11.4 Å². The van der Waals surface area contributed by atoms with Crippen LogP contribution in [0.5, 0.6) is 0 Å². The van der Waals surface area contributed by atoms with E-state index >= 15 is 0 Å². The van der Waals surface area contributed by atoms with E-state index in [4.69, 9.17) is 5.73 Å². The Kier molecular flexibility index (Phi) is 3.93. The molecule has 2 nitrogen and oxygen atoms in total. The highest BCUT2D eigenvalue weighted by molar-refractivity contribution is 5.69. The molecule has 1 atom stereocenters. The molecule has 1 aliphatic rings. The Morgan fingerprint density at radius 2 is 2.18 bits per heavy atom. The van der Waals surface area contributed by atoms with E-state index in [9.17, 15) is 0 Å². The fourth-order valence-electron chi connectivity index (χ4n) is 2.85. The molecule has 0 radical (unpaired) electrons. The first-order valence-corrected chi connectivity index (χ1v) is 6.85. The molecule has 0 aromatic heterocycles. The van der Waals surface area contributed by atoms with Crippen molar-refractivity contribution in [2.45, 2.75) is 52.0 Å². The molecule has 0 spiro atoms. The first-order valence-electron chi connectivity index (χ1n) is 6.85. The van der Waals surface area contributed by atoms with Crippen molar-refractivity contribution in [2.24, 2.45) is 0 Å². The number of piperidine rings is 1. The molecule has 94 valence electrons. The smallest absolute Gasteiger partial charge is 0.0605 e. The van der Waals surface area contributed by atoms with E-state index in [1.165, 1.54) is 49.9 Å². The molecular weight excluding hydrogens is 208 g/mol. The zero-order chi connectivity index (χ0) is 12.3. The zero-order valence-corrected chi connectivity index (χ0v) is 11.1. The van der Waals surface area contributed by atoms with Crippen LogP contribution in [0.15, 0.2) is 18.2 Å². The number of anilines is 2. The van der Waals surface area contributed by atoms with Gasteiger partial charge in [-0.2, -0.15) is 0 Å². The third kappa shape index (κ3) is 2.74. The Morgan fingerprint density at radius 1 is 1.35 bits per heavy atom. The Bertz CT molecular complexity index is 371. The van der Waals surface area contributed by atoms with Crippen molar-refractivity contribution in [2.75, 3.05) is 17.2 Å². The first-order chi connectivity index (χ1) is 8.22. The zero-order valence-electron chi connectivity index (χ0n) is 11.1. The SMILES string of the molecule is CCCC1CCCCN1c1cc(C)ccc1N. The average Bonchev–Trinajstić information content (AvgIpc) is 2.34. The van der Waals surface area contributed by atoms with Crippen molar-refractivity contribution < 1.29 is 0 Å². The fraction of sp³-hybridized carbons (Fsp3) is 0.600. The van der Waals surface area contributed by atoms with E-state index in [0.29, 0.717) is 6.04 Å². The van der Waals surface area contributed by atoms with Gasteiger partial charge in [0.15, 0.2) is 0 Å². The predicted molar refractivity (Wildman–Crippen MR) is 75.5 cm³/mol. The molecule has 2 rings (SSSR count). The van der Waals surface area contributed by atoms with Gasteiger partial charge in [0, 0.05) is 12.6 Å². The fourth-order valence-corrected chi connectivity index (χ4v) is 2.85. The summed E-state index contributed by atoms with van der Waals surface area (Å²) >= 11 is 0. The van der Waals surface area contributed by atoms with E-state index in [2.05, 4.69) is 30.9 Å². The van der Waals surface area contributed by atoms with Gasteiger partial charge in [-0.1, -0.05) is 19.4 Å². The van der Waals surface area contributed by atoms with Crippen LogP contribution in [0.25, 0.3) is 0 Å². The summed E-state index contributed by atoms with van der Waals surface area (Å²) in [6.45, 7) is 5.58. The van der Waals surface area contributed by atoms with E-state index in [1.54, 1.807) is 0 Å². The van der Waals surface area contributed by atoms with Crippen LogP contribution in [-0.2, 0) is 0 Å². The van der Waals surface area contributed by atoms with Crippen LogP contribution in [-0.4, -0.2) is 12.6 Å². The Balaban J connectivity index is 2.25. The molecule has 1 saturated heterocycles. The maximum atomic E-state index is 6.14. The third-order valence-corrected chi connectivity index (χ3v) is 3.74. The van der Waals surface area contributed by atoms with Crippen molar-refractivity contribution in [3.63, 3.8) is 0 Å². The van der Waals surface area contributed by atoms with Crippen LogP contribution < -0.4 is 10.6 Å². The molecule has 0 saturated carbocycles. The number of hydrogen-bond donors (Lipinski definition) is 1. The van der Waals surface area contributed by atoms with Gasteiger partial charge < -0.3 is 10.6 Å². The number of nitrogen functional groups attached to an aromatic ring is 1. The van der Waals surface area contributed by atoms with Crippen molar-refractivity contribution in [1.82, 2.24) is 0 Å². The van der Waals surface area contributed by atoms with Crippen LogP contribution >= 0.6 is 0 Å². The minimum absolute atomic E-state index is 0.692. The highest BCUT2D eigenvalue weighted by Gasteiger charge is 2.23. The summed E-state index contributed by atoms with van der Waals surface area (Å²) in [7, 11) is 0. The van der Waals surface area contributed by atoms with Crippen molar-refractivity contribution in [3.8, 4) is 0 Å². The van der Waals surface area contributed by atoms with Gasteiger partial charge in [-0.15, -0.1) is 0 Å². The monoisotopic (exact) mass is 232 g/mol. The number of aryl methyl sites for hydroxylation is 1. The van der Waals surface area contributed by atoms with Gasteiger partial charge in [-0.25, -0.2) is 0 Å². The number of nitrogens with two attached hydrogens (primary N) is 1. The maximum absolute atomic E-state index is 6.14. The normalized spacial score (nSPS) is 20.6. The number of benzene rings is 1. The van der Waals surface area contributed by atoms with Crippen molar-refractivity contribution in [3.05, 3.63) is 23.8 Å². The molecule has 1 heterocycles. The molecule has 1 unspecified atom stereocenters. The van der Waals surface area contributed by atoms with Crippen LogP contribution in [0.2, 0.25) is 0 Å². The third-order valence-electron chi connectivity index (χ3n) is 3.74. The van der Waals surface area contributed by atoms with E-state index in [-0.39, 0.29) is 0 Å². The molecule has 0 aliphatic carbocycles. The molecule has 2 heteroatoms. The first kappa shape index (κ1) is 12.3. The molecule has 1 aromatic rings. The molecular formula is C15H24N2. The van der Waals surface area contributed by atoms with Crippen LogP contribution in [0.1, 0.15) is 44.6 Å². The summed E-state index contributed by atoms with van der Waals surface area (Å²) < 4.78 is 0. The maximum Gasteiger partial charge on any atom is 0.0605 e. The molecule has 0 amide bonds. The predicted octanol–water partition coefficient (Wildman–Crippen LogP) is 3.74. The second kappa shape index (κ2) is 5.44. The number of rotatable bonds is 3. The molecule has 2 N–H and O–H groups in total. The number of hydrogen-bond acceptors (Lipinski definition) is 2. The minimum atomic E-state index is 0.692. The Hall–Kier alpha value is -1.18. The minimum Gasteiger partial charge on any atom is -0.397 e. The van der Waals surface area contributed by atoms with Crippen LogP contribution in [0.4, 0.5) is 11.4 Å². The summed E-state index contributed by atoms with van der Waals surface area (Å²) in [5, 5.41) is 0. The molecule has 1 aliphatic heterocycles.